The molecule has 1 saturated carbocycles. The van der Waals surface area contributed by atoms with Gasteiger partial charge >= 0.3 is 0 Å². The summed E-state index contributed by atoms with van der Waals surface area (Å²) in [5.41, 5.74) is 1.08. The fourth-order valence-electron chi connectivity index (χ4n) is 6.98. The molecule has 4 aliphatic carbocycles. The number of aliphatic hydroxyl groups is 2. The van der Waals surface area contributed by atoms with E-state index in [2.05, 4.69) is 46.8 Å². The highest BCUT2D eigenvalue weighted by atomic mass is 32.2. The van der Waals surface area contributed by atoms with E-state index in [0.29, 0.717) is 42.9 Å². The van der Waals surface area contributed by atoms with Gasteiger partial charge in [-0.1, -0.05) is 71.4 Å². The van der Waals surface area contributed by atoms with Crippen molar-refractivity contribution >= 4 is 16.6 Å². The zero-order valence-electron chi connectivity index (χ0n) is 22.9. The van der Waals surface area contributed by atoms with Crippen molar-refractivity contribution in [3.8, 4) is 0 Å². The molecule has 4 rings (SSSR count). The van der Waals surface area contributed by atoms with Gasteiger partial charge in [-0.05, 0) is 72.0 Å². The molecule has 0 aromatic rings. The number of carbonyl (C=O) groups excluding carboxylic acids is 1. The monoisotopic (exact) mass is 502 g/mol. The van der Waals surface area contributed by atoms with Crippen LogP contribution in [0, 0.1) is 34.5 Å². The molecule has 0 spiro atoms. The van der Waals surface area contributed by atoms with Crippen LogP contribution in [0.5, 0.6) is 0 Å². The number of rotatable bonds is 4. The van der Waals surface area contributed by atoms with Crippen LogP contribution in [0.4, 0.5) is 0 Å². The molecule has 0 amide bonds. The van der Waals surface area contributed by atoms with E-state index in [1.165, 1.54) is 5.57 Å². The van der Waals surface area contributed by atoms with E-state index in [-0.39, 0.29) is 11.2 Å². The Balaban J connectivity index is 0.000000795. The molecule has 196 valence electrons. The normalized spacial score (nSPS) is 38.1. The highest BCUT2D eigenvalue weighted by Crippen LogP contribution is 2.65. The third kappa shape index (κ3) is 4.85. The first kappa shape index (κ1) is 28.3. The molecule has 1 fully saturated rings. The minimum atomic E-state index is -1.32. The van der Waals surface area contributed by atoms with Crippen LogP contribution in [0.25, 0.3) is 0 Å². The second kappa shape index (κ2) is 10.2. The van der Waals surface area contributed by atoms with Crippen molar-refractivity contribution in [3.05, 3.63) is 47.1 Å². The highest BCUT2D eigenvalue weighted by Gasteiger charge is 2.64. The maximum atomic E-state index is 12.1. The van der Waals surface area contributed by atoms with Crippen LogP contribution in [-0.4, -0.2) is 44.4 Å². The lowest BCUT2D eigenvalue weighted by molar-refractivity contribution is -0.143. The second-order valence-electron chi connectivity index (χ2n) is 12.3. The average molecular weight is 503 g/mol. The van der Waals surface area contributed by atoms with Crippen LogP contribution in [0.3, 0.4) is 0 Å². The SMILES string of the molecule is CC(C)[C@@H](C)/C=C/[C@@H](C)[C@H]1CCC2=C3C=CC4=CC(=O)CC[C@]4(C)[C@@]3(O)[C@H](O)C[C@@]21C.CS(C)=O. The number of aliphatic hydroxyl groups excluding tert-OH is 1. The molecule has 0 heterocycles. The van der Waals surface area contributed by atoms with Crippen LogP contribution in [0.1, 0.15) is 73.6 Å². The lowest BCUT2D eigenvalue weighted by atomic mass is 9.50. The topological polar surface area (TPSA) is 74.6 Å². The molecule has 0 aromatic carbocycles. The van der Waals surface area contributed by atoms with Gasteiger partial charge in [0.05, 0.1) is 6.10 Å². The highest BCUT2D eigenvalue weighted by molar-refractivity contribution is 7.83. The van der Waals surface area contributed by atoms with Crippen LogP contribution in [0.2, 0.25) is 0 Å². The van der Waals surface area contributed by atoms with Crippen molar-refractivity contribution in [1.29, 1.82) is 0 Å². The van der Waals surface area contributed by atoms with E-state index >= 15 is 0 Å². The molecule has 4 aliphatic rings. The Bertz CT molecular complexity index is 984. The summed E-state index contributed by atoms with van der Waals surface area (Å²) in [6.07, 6.45) is 16.5. The molecule has 0 saturated heterocycles. The summed E-state index contributed by atoms with van der Waals surface area (Å²) in [7, 11) is -0.611. The molecule has 5 heteroatoms. The summed E-state index contributed by atoms with van der Waals surface area (Å²) < 4.78 is 9.56. The molecule has 35 heavy (non-hydrogen) atoms. The predicted octanol–water partition coefficient (Wildman–Crippen LogP) is 5.54. The van der Waals surface area contributed by atoms with E-state index in [0.717, 1.165) is 24.0 Å². The van der Waals surface area contributed by atoms with Gasteiger partial charge in [-0.25, -0.2) is 0 Å². The Labute approximate surface area is 215 Å². The Kier molecular flexibility index (Phi) is 8.26. The summed E-state index contributed by atoms with van der Waals surface area (Å²) in [6.45, 7) is 13.4. The molecule has 0 aliphatic heterocycles. The predicted molar refractivity (Wildman–Crippen MR) is 145 cm³/mol. The molecule has 0 bridgehead atoms. The first-order chi connectivity index (χ1) is 16.2. The molecule has 0 radical (unpaired) electrons. The molecule has 7 atom stereocenters. The lowest BCUT2D eigenvalue weighted by Gasteiger charge is -2.58. The summed E-state index contributed by atoms with van der Waals surface area (Å²) in [6, 6.07) is 0. The van der Waals surface area contributed by atoms with Crippen LogP contribution < -0.4 is 0 Å². The lowest BCUT2D eigenvalue weighted by Crippen LogP contribution is -2.62. The van der Waals surface area contributed by atoms with Gasteiger partial charge in [-0.15, -0.1) is 0 Å². The number of carbonyl (C=O) groups is 1. The molecular weight excluding hydrogens is 456 g/mol. The van der Waals surface area contributed by atoms with Gasteiger partial charge in [0.1, 0.15) is 5.60 Å². The second-order valence-corrected chi connectivity index (χ2v) is 13.7. The van der Waals surface area contributed by atoms with E-state index in [1.54, 1.807) is 18.6 Å². The van der Waals surface area contributed by atoms with E-state index < -0.39 is 27.9 Å². The van der Waals surface area contributed by atoms with Gasteiger partial charge in [0.25, 0.3) is 0 Å². The number of fused-ring (bicyclic) bond motifs is 4. The van der Waals surface area contributed by atoms with Crippen molar-refractivity contribution in [3.63, 3.8) is 0 Å². The van der Waals surface area contributed by atoms with Crippen molar-refractivity contribution in [1.82, 2.24) is 0 Å². The Morgan fingerprint density at radius 2 is 1.71 bits per heavy atom. The van der Waals surface area contributed by atoms with Gasteiger partial charge in [0.15, 0.2) is 5.78 Å². The summed E-state index contributed by atoms with van der Waals surface area (Å²) in [4.78, 5) is 12.0. The van der Waals surface area contributed by atoms with Gasteiger partial charge in [-0.2, -0.15) is 0 Å². The third-order valence-corrected chi connectivity index (χ3v) is 9.55. The molecule has 0 aromatic heterocycles. The van der Waals surface area contributed by atoms with Crippen LogP contribution in [-0.2, 0) is 15.6 Å². The number of hydrogen-bond acceptors (Lipinski definition) is 4. The average Bonchev–Trinajstić information content (AvgIpc) is 3.09. The van der Waals surface area contributed by atoms with Crippen molar-refractivity contribution in [2.45, 2.75) is 85.4 Å². The number of hydrogen-bond donors (Lipinski definition) is 2. The smallest absolute Gasteiger partial charge is 0.156 e. The van der Waals surface area contributed by atoms with Crippen molar-refractivity contribution in [2.75, 3.05) is 12.5 Å². The number of allylic oxidation sites excluding steroid dienone is 5. The van der Waals surface area contributed by atoms with Crippen LogP contribution >= 0.6 is 0 Å². The Hall–Kier alpha value is -1.30. The zero-order chi connectivity index (χ0) is 26.3. The van der Waals surface area contributed by atoms with Gasteiger partial charge in [-0.3, -0.25) is 9.00 Å². The molecular formula is C30H46O4S. The number of ketones is 1. The Morgan fingerprint density at radius 1 is 1.09 bits per heavy atom. The van der Waals surface area contributed by atoms with E-state index in [9.17, 15) is 19.2 Å². The molecule has 0 unspecified atom stereocenters. The van der Waals surface area contributed by atoms with Crippen molar-refractivity contribution < 1.29 is 19.2 Å². The fraction of sp³-hybridized carbons (Fsp3) is 0.700. The largest absolute Gasteiger partial charge is 0.390 e. The first-order valence-corrected chi connectivity index (χ1v) is 15.2. The third-order valence-electron chi connectivity index (χ3n) is 9.55. The van der Waals surface area contributed by atoms with E-state index in [4.69, 9.17) is 0 Å². The van der Waals surface area contributed by atoms with Gasteiger partial charge < -0.3 is 10.2 Å². The van der Waals surface area contributed by atoms with Gasteiger partial charge in [0, 0.05) is 35.1 Å². The minimum Gasteiger partial charge on any atom is -0.390 e. The fourth-order valence-corrected chi connectivity index (χ4v) is 6.98. The molecule has 4 nitrogen and oxygen atoms in total. The maximum Gasteiger partial charge on any atom is 0.156 e. The standard InChI is InChI=1S/C28H40O3.C2H6OS/c1-17(2)18(3)7-8-19(4)22-11-12-23-24-10-9-20-15-21(29)13-14-27(20,6)28(24,31)25(30)16-26(22,23)5;1-4(2)3/h7-10,15,17-19,22,25,30-31H,11-14,16H2,1-6H3;1-2H3/b8-7+;/t18-,19+,22+,25+,26+,27-,28-;/m0./s1. The van der Waals surface area contributed by atoms with Gasteiger partial charge in [0.2, 0.25) is 0 Å². The molecule has 2 N–H and O–H groups in total. The zero-order valence-corrected chi connectivity index (χ0v) is 23.7. The quantitative estimate of drug-likeness (QED) is 0.495. The summed E-state index contributed by atoms with van der Waals surface area (Å²) >= 11 is 0. The maximum absolute atomic E-state index is 12.1. The minimum absolute atomic E-state index is 0.113. The summed E-state index contributed by atoms with van der Waals surface area (Å²) in [5.74, 6) is 2.18. The van der Waals surface area contributed by atoms with E-state index in [1.807, 2.05) is 19.1 Å². The Morgan fingerprint density at radius 3 is 2.31 bits per heavy atom. The first-order valence-electron chi connectivity index (χ1n) is 13.2. The summed E-state index contributed by atoms with van der Waals surface area (Å²) in [5, 5.41) is 23.6. The van der Waals surface area contributed by atoms with Crippen LogP contribution in [0.15, 0.2) is 47.1 Å². The van der Waals surface area contributed by atoms with Crippen molar-refractivity contribution in [2.24, 2.45) is 34.5 Å².